The van der Waals surface area contributed by atoms with Gasteiger partial charge in [-0.3, -0.25) is 14.5 Å². The van der Waals surface area contributed by atoms with Crippen molar-refractivity contribution >= 4 is 28.4 Å². The number of rotatable bonds is 4. The molecule has 0 spiro atoms. The van der Waals surface area contributed by atoms with Gasteiger partial charge in [0.1, 0.15) is 5.69 Å². The van der Waals surface area contributed by atoms with Gasteiger partial charge in [-0.25, -0.2) is 4.98 Å². The molecule has 1 fully saturated rings. The highest BCUT2D eigenvalue weighted by atomic mass is 35.5. The molecule has 1 aliphatic rings. The van der Waals surface area contributed by atoms with Gasteiger partial charge >= 0.3 is 0 Å². The highest BCUT2D eigenvalue weighted by Crippen LogP contribution is 2.34. The van der Waals surface area contributed by atoms with Crippen LogP contribution in [0.5, 0.6) is 0 Å². The van der Waals surface area contributed by atoms with Crippen molar-refractivity contribution in [2.24, 2.45) is 7.05 Å². The first kappa shape index (κ1) is 22.4. The standard InChI is InChI=1S/C29H24ClN5O/c1-34-18-23(16-32-34)19-4-6-20(7-5-19)25-17-31-15-22-10-13-26(33-28(22)25)29(36)35-14-2-3-27(35)21-8-11-24(30)12-9-21/h4-13,15-18,27H,2-3,14H2,1H3. The SMILES string of the molecule is Cn1cc(-c2ccc(-c3cncc4ccc(C(=O)N5CCCC5c5ccc(Cl)cc5)nc34)cc2)cn1. The van der Waals surface area contributed by atoms with E-state index >= 15 is 0 Å². The Labute approximate surface area is 214 Å². The second-order valence-corrected chi connectivity index (χ2v) is 9.58. The summed E-state index contributed by atoms with van der Waals surface area (Å²) in [6, 6.07) is 19.8. The number of hydrogen-bond donors (Lipinski definition) is 0. The molecule has 6 nitrogen and oxygen atoms in total. The molecule has 36 heavy (non-hydrogen) atoms. The maximum atomic E-state index is 13.6. The Morgan fingerprint density at radius 1 is 0.917 bits per heavy atom. The second-order valence-electron chi connectivity index (χ2n) is 9.14. The fraction of sp³-hybridized carbons (Fsp3) is 0.172. The van der Waals surface area contributed by atoms with Gasteiger partial charge in [0, 0.05) is 53.7 Å². The van der Waals surface area contributed by atoms with E-state index in [1.165, 1.54) is 0 Å². The van der Waals surface area contributed by atoms with Crippen LogP contribution >= 0.6 is 11.6 Å². The third-order valence-electron chi connectivity index (χ3n) is 6.82. The lowest BCUT2D eigenvalue weighted by molar-refractivity contribution is 0.0730. The molecular weight excluding hydrogens is 470 g/mol. The van der Waals surface area contributed by atoms with Crippen molar-refractivity contribution < 1.29 is 4.79 Å². The Bertz CT molecular complexity index is 1560. The van der Waals surface area contributed by atoms with Crippen molar-refractivity contribution in [3.8, 4) is 22.3 Å². The summed E-state index contributed by atoms with van der Waals surface area (Å²) in [6.07, 6.45) is 9.34. The van der Waals surface area contributed by atoms with Gasteiger partial charge in [-0.15, -0.1) is 0 Å². The van der Waals surface area contributed by atoms with E-state index in [4.69, 9.17) is 16.6 Å². The van der Waals surface area contributed by atoms with Crippen molar-refractivity contribution in [2.75, 3.05) is 6.54 Å². The molecule has 6 rings (SSSR count). The average Bonchev–Trinajstić information content (AvgIpc) is 3.58. The first-order valence-electron chi connectivity index (χ1n) is 12.0. The summed E-state index contributed by atoms with van der Waals surface area (Å²) >= 11 is 6.08. The molecule has 3 aromatic heterocycles. The fourth-order valence-corrected chi connectivity index (χ4v) is 5.10. The molecule has 0 N–H and O–H groups in total. The molecule has 0 radical (unpaired) electrons. The largest absolute Gasteiger partial charge is 0.330 e. The van der Waals surface area contributed by atoms with E-state index in [-0.39, 0.29) is 11.9 Å². The quantitative estimate of drug-likeness (QED) is 0.293. The zero-order valence-electron chi connectivity index (χ0n) is 19.8. The summed E-state index contributed by atoms with van der Waals surface area (Å²) in [5, 5.41) is 5.85. The van der Waals surface area contributed by atoms with Crippen LogP contribution < -0.4 is 0 Å². The normalized spacial score (nSPS) is 15.5. The van der Waals surface area contributed by atoms with Gasteiger partial charge in [0.25, 0.3) is 5.91 Å². The number of pyridine rings is 2. The van der Waals surface area contributed by atoms with Gasteiger partial charge in [0.2, 0.25) is 0 Å². The lowest BCUT2D eigenvalue weighted by Crippen LogP contribution is -2.31. The number of likely N-dealkylation sites (tertiary alicyclic amines) is 1. The molecule has 0 saturated carbocycles. The van der Waals surface area contributed by atoms with Crippen LogP contribution in [0.15, 0.2) is 85.5 Å². The van der Waals surface area contributed by atoms with Crippen molar-refractivity contribution in [2.45, 2.75) is 18.9 Å². The number of carbonyl (C=O) groups excluding carboxylic acids is 1. The maximum Gasteiger partial charge on any atom is 0.272 e. The van der Waals surface area contributed by atoms with E-state index in [1.54, 1.807) is 16.9 Å². The molecule has 1 atom stereocenters. The van der Waals surface area contributed by atoms with Crippen molar-refractivity contribution in [3.05, 3.63) is 102 Å². The molecule has 5 aromatic rings. The van der Waals surface area contributed by atoms with Crippen LogP contribution in [0, 0.1) is 0 Å². The maximum absolute atomic E-state index is 13.6. The van der Waals surface area contributed by atoms with Gasteiger partial charge in [0.05, 0.1) is 17.8 Å². The van der Waals surface area contributed by atoms with Gasteiger partial charge in [-0.1, -0.05) is 48.0 Å². The zero-order chi connectivity index (χ0) is 24.6. The van der Waals surface area contributed by atoms with Gasteiger partial charge in [0.15, 0.2) is 0 Å². The minimum absolute atomic E-state index is 0.0317. The molecular formula is C29H24ClN5O. The van der Waals surface area contributed by atoms with Crippen LogP contribution in [-0.4, -0.2) is 37.1 Å². The molecule has 1 saturated heterocycles. The topological polar surface area (TPSA) is 63.9 Å². The number of hydrogen-bond acceptors (Lipinski definition) is 4. The van der Waals surface area contributed by atoms with Gasteiger partial charge < -0.3 is 4.90 Å². The number of aryl methyl sites for hydroxylation is 1. The zero-order valence-corrected chi connectivity index (χ0v) is 20.6. The predicted octanol–water partition coefficient (Wildman–Crippen LogP) is 6.33. The number of nitrogens with zero attached hydrogens (tertiary/aromatic N) is 5. The Kier molecular flexibility index (Phi) is 5.74. The molecule has 1 unspecified atom stereocenters. The minimum Gasteiger partial charge on any atom is -0.330 e. The summed E-state index contributed by atoms with van der Waals surface area (Å²) in [5.74, 6) is -0.0518. The summed E-state index contributed by atoms with van der Waals surface area (Å²) in [5.41, 5.74) is 6.37. The van der Waals surface area contributed by atoms with Crippen molar-refractivity contribution in [1.82, 2.24) is 24.6 Å². The third-order valence-corrected chi connectivity index (χ3v) is 7.07. The van der Waals surface area contributed by atoms with Crippen LogP contribution in [0.1, 0.15) is 34.9 Å². The van der Waals surface area contributed by atoms with E-state index in [0.717, 1.165) is 51.6 Å². The lowest BCUT2D eigenvalue weighted by Gasteiger charge is -2.25. The molecule has 1 aliphatic heterocycles. The lowest BCUT2D eigenvalue weighted by atomic mass is 10.0. The second kappa shape index (κ2) is 9.21. The summed E-state index contributed by atoms with van der Waals surface area (Å²) in [7, 11) is 1.91. The van der Waals surface area contributed by atoms with Gasteiger partial charge in [-0.05, 0) is 53.8 Å². The first-order chi connectivity index (χ1) is 17.6. The summed E-state index contributed by atoms with van der Waals surface area (Å²) < 4.78 is 1.79. The number of amides is 1. The molecule has 7 heteroatoms. The van der Waals surface area contributed by atoms with Crippen molar-refractivity contribution in [3.63, 3.8) is 0 Å². The van der Waals surface area contributed by atoms with E-state index in [1.807, 2.05) is 60.9 Å². The van der Waals surface area contributed by atoms with Crippen LogP contribution in [0.4, 0.5) is 0 Å². The smallest absolute Gasteiger partial charge is 0.272 e. The van der Waals surface area contributed by atoms with Crippen LogP contribution in [0.2, 0.25) is 5.02 Å². The minimum atomic E-state index is -0.0518. The highest BCUT2D eigenvalue weighted by molar-refractivity contribution is 6.30. The molecule has 4 heterocycles. The number of carbonyl (C=O) groups is 1. The number of aromatic nitrogens is 4. The summed E-state index contributed by atoms with van der Waals surface area (Å²) in [4.78, 5) is 24.8. The molecule has 178 valence electrons. The van der Waals surface area contributed by atoms with Crippen molar-refractivity contribution in [1.29, 1.82) is 0 Å². The molecule has 2 aromatic carbocycles. The summed E-state index contributed by atoms with van der Waals surface area (Å²) in [6.45, 7) is 0.713. The van der Waals surface area contributed by atoms with E-state index in [0.29, 0.717) is 17.3 Å². The number of benzene rings is 2. The van der Waals surface area contributed by atoms with Crippen LogP contribution in [-0.2, 0) is 7.05 Å². The Morgan fingerprint density at radius 2 is 1.69 bits per heavy atom. The fourth-order valence-electron chi connectivity index (χ4n) is 4.97. The molecule has 0 aliphatic carbocycles. The first-order valence-corrected chi connectivity index (χ1v) is 12.4. The van der Waals surface area contributed by atoms with E-state index in [2.05, 4.69) is 34.3 Å². The van der Waals surface area contributed by atoms with Gasteiger partial charge in [-0.2, -0.15) is 5.10 Å². The van der Waals surface area contributed by atoms with Crippen LogP contribution in [0.25, 0.3) is 33.2 Å². The predicted molar refractivity (Wildman–Crippen MR) is 142 cm³/mol. The number of halogens is 1. The van der Waals surface area contributed by atoms with Crippen LogP contribution in [0.3, 0.4) is 0 Å². The Hall–Kier alpha value is -4.03. The number of fused-ring (bicyclic) bond motifs is 1. The highest BCUT2D eigenvalue weighted by Gasteiger charge is 2.31. The molecule has 1 amide bonds. The Balaban J connectivity index is 1.34. The molecule has 0 bridgehead atoms. The van der Waals surface area contributed by atoms with E-state index < -0.39 is 0 Å². The van der Waals surface area contributed by atoms with E-state index in [9.17, 15) is 4.79 Å². The third kappa shape index (κ3) is 4.14. The monoisotopic (exact) mass is 493 g/mol. The Morgan fingerprint density at radius 3 is 2.44 bits per heavy atom. The average molecular weight is 494 g/mol.